The number of nitrogens with zero attached hydrogens (tertiary/aromatic N) is 1. The molecule has 3 aromatic carbocycles. The van der Waals surface area contributed by atoms with E-state index in [0.717, 1.165) is 31.9 Å². The molecule has 0 spiro atoms. The van der Waals surface area contributed by atoms with Gasteiger partial charge in [0.1, 0.15) is 10.8 Å². The molecule has 1 N–H and O–H groups in total. The van der Waals surface area contributed by atoms with Crippen molar-refractivity contribution in [3.8, 4) is 27.4 Å². The molecule has 0 aliphatic heterocycles. The summed E-state index contributed by atoms with van der Waals surface area (Å²) in [5, 5.41) is 11.1. The zero-order valence-electron chi connectivity index (χ0n) is 12.4. The molecule has 0 aliphatic rings. The second kappa shape index (κ2) is 6.61. The van der Waals surface area contributed by atoms with E-state index in [9.17, 15) is 5.11 Å². The fourth-order valence-electron chi connectivity index (χ4n) is 2.50. The Bertz CT molecular complexity index is 917. The first kappa shape index (κ1) is 15.9. The van der Waals surface area contributed by atoms with Crippen LogP contribution in [0.2, 0.25) is 0 Å². The van der Waals surface area contributed by atoms with Crippen LogP contribution in [0.15, 0.2) is 72.8 Å². The molecule has 108 valence electrons. The van der Waals surface area contributed by atoms with Crippen LogP contribution < -0.4 is 0 Å². The molecule has 0 radical (unpaired) electrons. The summed E-state index contributed by atoms with van der Waals surface area (Å²) in [5.41, 5.74) is 3.95. The van der Waals surface area contributed by atoms with Crippen LogP contribution in [0.1, 0.15) is 0 Å². The van der Waals surface area contributed by atoms with E-state index in [1.165, 1.54) is 0 Å². The van der Waals surface area contributed by atoms with Crippen molar-refractivity contribution in [1.29, 1.82) is 0 Å². The topological polar surface area (TPSA) is 33.1 Å². The maximum absolute atomic E-state index is 10.2. The first-order chi connectivity index (χ1) is 10.8. The van der Waals surface area contributed by atoms with Crippen molar-refractivity contribution in [3.63, 3.8) is 0 Å². The van der Waals surface area contributed by atoms with Crippen LogP contribution in [-0.4, -0.2) is 10.1 Å². The van der Waals surface area contributed by atoms with Crippen molar-refractivity contribution < 1.29 is 24.6 Å². The van der Waals surface area contributed by atoms with E-state index in [4.69, 9.17) is 0 Å². The molecule has 1 heterocycles. The van der Waals surface area contributed by atoms with E-state index in [2.05, 4.69) is 23.2 Å². The quantitative estimate of drug-likeness (QED) is 0.485. The van der Waals surface area contributed by atoms with E-state index in [0.29, 0.717) is 0 Å². The number of phenols is 1. The molecule has 2 nitrogen and oxygen atoms in total. The van der Waals surface area contributed by atoms with Gasteiger partial charge in [-0.25, -0.2) is 4.98 Å². The standard InChI is InChI=1S/C19H13NOS.Zn/c21-17-11-10-14(13-6-2-1-3-7-13)12-15(17)19-20-16-8-4-5-9-18(16)22-19;/h1-12,21H;. The van der Waals surface area contributed by atoms with Gasteiger partial charge in [0.2, 0.25) is 0 Å². The molecule has 0 aliphatic carbocycles. The van der Waals surface area contributed by atoms with Gasteiger partial charge in [0.05, 0.1) is 15.8 Å². The van der Waals surface area contributed by atoms with Gasteiger partial charge in [-0.2, -0.15) is 0 Å². The van der Waals surface area contributed by atoms with E-state index >= 15 is 0 Å². The van der Waals surface area contributed by atoms with Crippen LogP contribution in [0.25, 0.3) is 31.9 Å². The van der Waals surface area contributed by atoms with E-state index in [-0.39, 0.29) is 25.2 Å². The van der Waals surface area contributed by atoms with Crippen molar-refractivity contribution in [3.05, 3.63) is 72.8 Å². The zero-order chi connectivity index (χ0) is 14.9. The van der Waals surface area contributed by atoms with Crippen molar-refractivity contribution in [2.45, 2.75) is 0 Å². The predicted octanol–water partition coefficient (Wildman–Crippen LogP) is 5.33. The molecule has 0 amide bonds. The van der Waals surface area contributed by atoms with Crippen LogP contribution in [0.5, 0.6) is 5.75 Å². The van der Waals surface area contributed by atoms with E-state index in [1.807, 2.05) is 48.5 Å². The molecule has 4 rings (SSSR count). The van der Waals surface area contributed by atoms with Crippen molar-refractivity contribution >= 4 is 21.6 Å². The van der Waals surface area contributed by atoms with Crippen LogP contribution >= 0.6 is 11.3 Å². The summed E-state index contributed by atoms with van der Waals surface area (Å²) in [4.78, 5) is 4.64. The second-order valence-electron chi connectivity index (χ2n) is 5.08. The number of aromatic hydroxyl groups is 1. The van der Waals surface area contributed by atoms with E-state index in [1.54, 1.807) is 17.4 Å². The molecular weight excluding hydrogens is 356 g/mol. The third-order valence-electron chi connectivity index (χ3n) is 3.63. The van der Waals surface area contributed by atoms with Gasteiger partial charge in [0.25, 0.3) is 0 Å². The second-order valence-corrected chi connectivity index (χ2v) is 6.12. The monoisotopic (exact) mass is 367 g/mol. The Morgan fingerprint density at radius 2 is 1.52 bits per heavy atom. The molecule has 0 bridgehead atoms. The summed E-state index contributed by atoms with van der Waals surface area (Å²) >= 11 is 1.60. The number of phenolic OH excluding ortho intramolecular Hbond substituents is 1. The van der Waals surface area contributed by atoms with Gasteiger partial charge in [0.15, 0.2) is 0 Å². The largest absolute Gasteiger partial charge is 0.507 e. The number of rotatable bonds is 2. The Hall–Kier alpha value is -2.03. The molecular formula is C19H13NOSZn. The molecule has 4 heteroatoms. The van der Waals surface area contributed by atoms with Crippen LogP contribution in [0.4, 0.5) is 0 Å². The average molecular weight is 369 g/mol. The fraction of sp³-hybridized carbons (Fsp3) is 0. The Morgan fingerprint density at radius 3 is 2.30 bits per heavy atom. The summed E-state index contributed by atoms with van der Waals surface area (Å²) in [7, 11) is 0. The van der Waals surface area contributed by atoms with Gasteiger partial charge in [-0.15, -0.1) is 11.3 Å². The van der Waals surface area contributed by atoms with Gasteiger partial charge >= 0.3 is 0 Å². The Labute approximate surface area is 151 Å². The molecule has 0 saturated heterocycles. The van der Waals surface area contributed by atoms with Crippen LogP contribution in [0.3, 0.4) is 0 Å². The van der Waals surface area contributed by atoms with Crippen LogP contribution in [0, 0.1) is 0 Å². The summed E-state index contributed by atoms with van der Waals surface area (Å²) in [5.74, 6) is 0.263. The smallest absolute Gasteiger partial charge is 0.128 e. The number of thiazole rings is 1. The van der Waals surface area contributed by atoms with Crippen LogP contribution in [-0.2, 0) is 19.5 Å². The first-order valence-electron chi connectivity index (χ1n) is 7.06. The first-order valence-corrected chi connectivity index (χ1v) is 7.87. The minimum absolute atomic E-state index is 0. The number of para-hydroxylation sites is 1. The summed E-state index contributed by atoms with van der Waals surface area (Å²) < 4.78 is 1.13. The third-order valence-corrected chi connectivity index (χ3v) is 4.70. The number of hydrogen-bond acceptors (Lipinski definition) is 3. The number of benzene rings is 3. The Kier molecular flexibility index (Phi) is 4.56. The molecule has 4 aromatic rings. The van der Waals surface area contributed by atoms with Crippen molar-refractivity contribution in [2.75, 3.05) is 0 Å². The number of hydrogen-bond donors (Lipinski definition) is 1. The minimum Gasteiger partial charge on any atom is -0.507 e. The zero-order valence-corrected chi connectivity index (χ0v) is 16.2. The Balaban J connectivity index is 0.00000156. The minimum atomic E-state index is 0. The fourth-order valence-corrected chi connectivity index (χ4v) is 3.50. The number of aromatic nitrogens is 1. The number of fused-ring (bicyclic) bond motifs is 1. The molecule has 1 aromatic heterocycles. The third kappa shape index (κ3) is 3.05. The van der Waals surface area contributed by atoms with Gasteiger partial charge in [0, 0.05) is 19.5 Å². The summed E-state index contributed by atoms with van der Waals surface area (Å²) in [6.07, 6.45) is 0. The maximum Gasteiger partial charge on any atom is 0.128 e. The normalized spacial score (nSPS) is 10.4. The SMILES string of the molecule is Oc1ccc(-c2ccccc2)cc1-c1nc2ccccc2s1.[Zn]. The van der Waals surface area contributed by atoms with Gasteiger partial charge in [-0.3, -0.25) is 0 Å². The molecule has 23 heavy (non-hydrogen) atoms. The molecule has 0 saturated carbocycles. The summed E-state index contributed by atoms with van der Waals surface area (Å²) in [6.45, 7) is 0. The molecule has 0 atom stereocenters. The van der Waals surface area contributed by atoms with Crippen molar-refractivity contribution in [1.82, 2.24) is 4.98 Å². The predicted molar refractivity (Wildman–Crippen MR) is 92.2 cm³/mol. The molecule has 0 unspecified atom stereocenters. The summed E-state index contributed by atoms with van der Waals surface area (Å²) in [6, 6.07) is 23.9. The average Bonchev–Trinajstić information content (AvgIpc) is 3.00. The molecule has 0 fully saturated rings. The van der Waals surface area contributed by atoms with Gasteiger partial charge in [-0.1, -0.05) is 48.5 Å². The maximum atomic E-state index is 10.2. The van der Waals surface area contributed by atoms with E-state index < -0.39 is 0 Å². The van der Waals surface area contributed by atoms with Gasteiger partial charge < -0.3 is 5.11 Å². The van der Waals surface area contributed by atoms with Gasteiger partial charge in [-0.05, 0) is 35.4 Å². The van der Waals surface area contributed by atoms with Crippen molar-refractivity contribution in [2.24, 2.45) is 0 Å². The Morgan fingerprint density at radius 1 is 0.783 bits per heavy atom.